The fraction of sp³-hybridized carbons (Fsp3) is 0.600. The van der Waals surface area contributed by atoms with Crippen molar-refractivity contribution in [3.63, 3.8) is 0 Å². The summed E-state index contributed by atoms with van der Waals surface area (Å²) in [5, 5.41) is 3.43. The second-order valence-electron chi connectivity index (χ2n) is 5.71. The Hall–Kier alpha value is -0.620. The highest BCUT2D eigenvalue weighted by Crippen LogP contribution is 2.18. The largest absolute Gasteiger partial charge is 0.312 e. The van der Waals surface area contributed by atoms with Crippen molar-refractivity contribution in [2.24, 2.45) is 5.92 Å². The average Bonchev–Trinajstić information content (AvgIpc) is 2.47. The highest BCUT2D eigenvalue weighted by molar-refractivity contribution is 7.88. The molecule has 0 radical (unpaired) electrons. The molecule has 1 aliphatic heterocycles. The molecule has 1 saturated heterocycles. The molecule has 118 valence electrons. The number of rotatable bonds is 6. The maximum Gasteiger partial charge on any atom is 0.211 e. The number of hydrogen-bond acceptors (Lipinski definition) is 3. The number of nitrogens with one attached hydrogen (secondary N) is 1. The van der Waals surface area contributed by atoms with E-state index in [1.54, 1.807) is 4.31 Å². The Labute approximate surface area is 132 Å². The van der Waals surface area contributed by atoms with E-state index in [0.29, 0.717) is 24.9 Å². The van der Waals surface area contributed by atoms with Crippen LogP contribution in [-0.4, -0.2) is 38.6 Å². The van der Waals surface area contributed by atoms with Gasteiger partial charge in [-0.25, -0.2) is 12.7 Å². The lowest BCUT2D eigenvalue weighted by atomic mass is 9.99. The molecule has 0 amide bonds. The van der Waals surface area contributed by atoms with Crippen molar-refractivity contribution < 1.29 is 8.42 Å². The van der Waals surface area contributed by atoms with Crippen molar-refractivity contribution in [3.05, 3.63) is 35.4 Å². The SMILES string of the molecule is CS(=O)(=O)N1CCCC(CNCc2cccc(CCl)c2)C1. The molecule has 1 heterocycles. The molecule has 1 atom stereocenters. The molecule has 1 unspecified atom stereocenters. The van der Waals surface area contributed by atoms with Crippen LogP contribution in [0.2, 0.25) is 0 Å². The predicted octanol–water partition coefficient (Wildman–Crippen LogP) is 2.19. The van der Waals surface area contributed by atoms with E-state index in [-0.39, 0.29) is 0 Å². The topological polar surface area (TPSA) is 49.4 Å². The van der Waals surface area contributed by atoms with Gasteiger partial charge < -0.3 is 5.32 Å². The highest BCUT2D eigenvalue weighted by atomic mass is 35.5. The number of alkyl halides is 1. The molecule has 0 bridgehead atoms. The Morgan fingerprint density at radius 2 is 2.14 bits per heavy atom. The van der Waals surface area contributed by atoms with Gasteiger partial charge in [0.25, 0.3) is 0 Å². The summed E-state index contributed by atoms with van der Waals surface area (Å²) in [6.45, 7) is 2.93. The van der Waals surface area contributed by atoms with Gasteiger partial charge in [-0.1, -0.05) is 24.3 Å². The minimum absolute atomic E-state index is 0.393. The van der Waals surface area contributed by atoms with Crippen LogP contribution in [-0.2, 0) is 22.4 Å². The molecular formula is C15H23ClN2O2S. The zero-order valence-corrected chi connectivity index (χ0v) is 14.0. The Kier molecular flexibility index (Phi) is 6.05. The summed E-state index contributed by atoms with van der Waals surface area (Å²) >= 11 is 5.83. The summed E-state index contributed by atoms with van der Waals surface area (Å²) < 4.78 is 24.8. The molecule has 2 rings (SSSR count). The minimum Gasteiger partial charge on any atom is -0.312 e. The molecule has 1 fully saturated rings. The Morgan fingerprint density at radius 3 is 2.86 bits per heavy atom. The van der Waals surface area contributed by atoms with Gasteiger partial charge in [-0.3, -0.25) is 0 Å². The van der Waals surface area contributed by atoms with Gasteiger partial charge in [-0.15, -0.1) is 11.6 Å². The molecule has 0 aliphatic carbocycles. The zero-order chi connectivity index (χ0) is 15.3. The van der Waals surface area contributed by atoms with Crippen LogP contribution in [0.5, 0.6) is 0 Å². The minimum atomic E-state index is -3.05. The molecule has 0 saturated carbocycles. The first kappa shape index (κ1) is 16.7. The summed E-state index contributed by atoms with van der Waals surface area (Å²) in [6, 6.07) is 8.21. The van der Waals surface area contributed by atoms with Crippen LogP contribution in [0.1, 0.15) is 24.0 Å². The predicted molar refractivity (Wildman–Crippen MR) is 86.8 cm³/mol. The second-order valence-corrected chi connectivity index (χ2v) is 7.96. The fourth-order valence-corrected chi connectivity index (χ4v) is 3.85. The van der Waals surface area contributed by atoms with E-state index < -0.39 is 10.0 Å². The van der Waals surface area contributed by atoms with E-state index in [9.17, 15) is 8.42 Å². The summed E-state index contributed by atoms with van der Waals surface area (Å²) in [5.41, 5.74) is 2.33. The monoisotopic (exact) mass is 330 g/mol. The molecule has 1 aliphatic rings. The van der Waals surface area contributed by atoms with Crippen molar-refractivity contribution in [2.45, 2.75) is 25.3 Å². The maximum absolute atomic E-state index is 11.6. The molecule has 0 spiro atoms. The summed E-state index contributed by atoms with van der Waals surface area (Å²) in [6.07, 6.45) is 3.32. The van der Waals surface area contributed by atoms with Crippen molar-refractivity contribution in [2.75, 3.05) is 25.9 Å². The molecule has 1 aromatic carbocycles. The van der Waals surface area contributed by atoms with Crippen molar-refractivity contribution in [1.29, 1.82) is 0 Å². The van der Waals surface area contributed by atoms with Gasteiger partial charge in [0.1, 0.15) is 0 Å². The quantitative estimate of drug-likeness (QED) is 0.813. The molecule has 1 aromatic rings. The fourth-order valence-electron chi connectivity index (χ4n) is 2.74. The zero-order valence-electron chi connectivity index (χ0n) is 12.4. The van der Waals surface area contributed by atoms with Gasteiger partial charge >= 0.3 is 0 Å². The van der Waals surface area contributed by atoms with Gasteiger partial charge in [0.2, 0.25) is 10.0 Å². The first-order valence-electron chi connectivity index (χ1n) is 7.28. The maximum atomic E-state index is 11.6. The third kappa shape index (κ3) is 5.25. The Bertz CT molecular complexity index is 563. The van der Waals surface area contributed by atoms with Crippen LogP contribution in [0, 0.1) is 5.92 Å². The Balaban J connectivity index is 1.80. The highest BCUT2D eigenvalue weighted by Gasteiger charge is 2.25. The lowest BCUT2D eigenvalue weighted by molar-refractivity contribution is 0.261. The molecular weight excluding hydrogens is 308 g/mol. The standard InChI is InChI=1S/C15H23ClN2O2S/c1-21(19,20)18-7-3-6-15(12-18)11-17-10-14-5-2-4-13(8-14)9-16/h2,4-5,8,15,17H,3,6-7,9-12H2,1H3. The number of hydrogen-bond donors (Lipinski definition) is 1. The van der Waals surface area contributed by atoms with E-state index >= 15 is 0 Å². The first-order valence-corrected chi connectivity index (χ1v) is 9.67. The van der Waals surface area contributed by atoms with Crippen molar-refractivity contribution in [1.82, 2.24) is 9.62 Å². The molecule has 21 heavy (non-hydrogen) atoms. The van der Waals surface area contributed by atoms with Crippen LogP contribution >= 0.6 is 11.6 Å². The van der Waals surface area contributed by atoms with Gasteiger partial charge in [0.15, 0.2) is 0 Å². The van der Waals surface area contributed by atoms with Crippen LogP contribution in [0.25, 0.3) is 0 Å². The lowest BCUT2D eigenvalue weighted by Crippen LogP contribution is -2.42. The number of benzene rings is 1. The average molecular weight is 331 g/mol. The number of piperidine rings is 1. The van der Waals surface area contributed by atoms with Crippen LogP contribution in [0.15, 0.2) is 24.3 Å². The van der Waals surface area contributed by atoms with E-state index in [0.717, 1.165) is 31.5 Å². The summed E-state index contributed by atoms with van der Waals surface area (Å²) in [4.78, 5) is 0. The van der Waals surface area contributed by atoms with Crippen molar-refractivity contribution >= 4 is 21.6 Å². The first-order chi connectivity index (χ1) is 9.99. The summed E-state index contributed by atoms with van der Waals surface area (Å²) in [7, 11) is -3.05. The van der Waals surface area contributed by atoms with Gasteiger partial charge in [0.05, 0.1) is 6.26 Å². The van der Waals surface area contributed by atoms with Gasteiger partial charge in [-0.2, -0.15) is 0 Å². The van der Waals surface area contributed by atoms with E-state index in [1.165, 1.54) is 11.8 Å². The Morgan fingerprint density at radius 1 is 1.38 bits per heavy atom. The van der Waals surface area contributed by atoms with Crippen LogP contribution in [0.4, 0.5) is 0 Å². The number of nitrogens with zero attached hydrogens (tertiary/aromatic N) is 1. The van der Waals surface area contributed by atoms with Gasteiger partial charge in [-0.05, 0) is 36.4 Å². The van der Waals surface area contributed by atoms with E-state index in [4.69, 9.17) is 11.6 Å². The molecule has 0 aromatic heterocycles. The van der Waals surface area contributed by atoms with Gasteiger partial charge in [0, 0.05) is 25.5 Å². The number of sulfonamides is 1. The second kappa shape index (κ2) is 7.58. The lowest BCUT2D eigenvalue weighted by Gasteiger charge is -2.31. The molecule has 6 heteroatoms. The third-order valence-corrected chi connectivity index (χ3v) is 5.44. The third-order valence-electron chi connectivity index (χ3n) is 3.86. The van der Waals surface area contributed by atoms with E-state index in [2.05, 4.69) is 17.4 Å². The normalized spacial score (nSPS) is 20.6. The number of halogens is 1. The summed E-state index contributed by atoms with van der Waals surface area (Å²) in [5.74, 6) is 0.921. The van der Waals surface area contributed by atoms with E-state index in [1.807, 2.05) is 12.1 Å². The van der Waals surface area contributed by atoms with Crippen LogP contribution in [0.3, 0.4) is 0 Å². The molecule has 4 nitrogen and oxygen atoms in total. The van der Waals surface area contributed by atoms with Crippen LogP contribution < -0.4 is 5.32 Å². The molecule has 1 N–H and O–H groups in total. The smallest absolute Gasteiger partial charge is 0.211 e. The van der Waals surface area contributed by atoms with Crippen molar-refractivity contribution in [3.8, 4) is 0 Å².